The quantitative estimate of drug-likeness (QED) is 0.719. The van der Waals surface area contributed by atoms with Gasteiger partial charge < -0.3 is 14.8 Å². The molecule has 1 aromatic heterocycles. The third-order valence-corrected chi connectivity index (χ3v) is 5.81. The molecule has 154 valence electrons. The Labute approximate surface area is 176 Å². The zero-order chi connectivity index (χ0) is 21.3. The van der Waals surface area contributed by atoms with Gasteiger partial charge in [0.25, 0.3) is 11.5 Å². The van der Waals surface area contributed by atoms with E-state index in [9.17, 15) is 9.59 Å². The molecule has 2 heterocycles. The van der Waals surface area contributed by atoms with Gasteiger partial charge in [0.15, 0.2) is 0 Å². The van der Waals surface area contributed by atoms with Gasteiger partial charge >= 0.3 is 0 Å². The second-order valence-electron chi connectivity index (χ2n) is 7.76. The SMILES string of the molecule is CCn1c(=O)cc(C2=CCNCC2)c2cc(C(=O)N(C)c3ccc(C)cc3)ccc21. The van der Waals surface area contributed by atoms with Crippen molar-refractivity contribution in [2.24, 2.45) is 0 Å². The van der Waals surface area contributed by atoms with E-state index in [-0.39, 0.29) is 11.5 Å². The van der Waals surface area contributed by atoms with Crippen LogP contribution in [-0.2, 0) is 6.54 Å². The fraction of sp³-hybridized carbons (Fsp3) is 0.280. The van der Waals surface area contributed by atoms with Gasteiger partial charge in [-0.2, -0.15) is 0 Å². The Morgan fingerprint density at radius 3 is 2.57 bits per heavy atom. The second-order valence-corrected chi connectivity index (χ2v) is 7.76. The molecule has 1 N–H and O–H groups in total. The molecule has 5 heteroatoms. The van der Waals surface area contributed by atoms with E-state index in [0.29, 0.717) is 12.1 Å². The molecule has 5 nitrogen and oxygen atoms in total. The highest BCUT2D eigenvalue weighted by molar-refractivity contribution is 6.08. The average molecular weight is 402 g/mol. The fourth-order valence-electron chi connectivity index (χ4n) is 4.06. The van der Waals surface area contributed by atoms with Crippen LogP contribution in [0.3, 0.4) is 0 Å². The lowest BCUT2D eigenvalue weighted by atomic mass is 9.95. The van der Waals surface area contributed by atoms with Crippen molar-refractivity contribution in [1.29, 1.82) is 0 Å². The van der Waals surface area contributed by atoms with Crippen LogP contribution >= 0.6 is 0 Å². The molecule has 3 aromatic rings. The summed E-state index contributed by atoms with van der Waals surface area (Å²) in [6.07, 6.45) is 3.01. The molecule has 0 atom stereocenters. The first-order chi connectivity index (χ1) is 14.5. The van der Waals surface area contributed by atoms with Crippen LogP contribution in [0, 0.1) is 6.92 Å². The van der Waals surface area contributed by atoms with Gasteiger partial charge in [0.2, 0.25) is 0 Å². The van der Waals surface area contributed by atoms with E-state index in [0.717, 1.165) is 52.8 Å². The monoisotopic (exact) mass is 401 g/mol. The Kier molecular flexibility index (Phi) is 5.55. The zero-order valence-electron chi connectivity index (χ0n) is 17.7. The lowest BCUT2D eigenvalue weighted by molar-refractivity contribution is 0.0993. The highest BCUT2D eigenvalue weighted by Crippen LogP contribution is 2.28. The largest absolute Gasteiger partial charge is 0.313 e. The van der Waals surface area contributed by atoms with Crippen molar-refractivity contribution in [3.8, 4) is 0 Å². The standard InChI is InChI=1S/C25H27N3O2/c1-4-28-23-10-7-19(25(30)27(3)20-8-5-17(2)6-9-20)15-22(23)21(16-24(28)29)18-11-13-26-14-12-18/h5-11,15-16,26H,4,12-14H2,1-3H3. The number of anilines is 1. The number of hydrogen-bond donors (Lipinski definition) is 1. The van der Waals surface area contributed by atoms with Gasteiger partial charge in [-0.3, -0.25) is 9.59 Å². The first kappa shape index (κ1) is 20.1. The number of aryl methyl sites for hydroxylation is 2. The molecule has 1 aliphatic rings. The highest BCUT2D eigenvalue weighted by atomic mass is 16.2. The van der Waals surface area contributed by atoms with E-state index >= 15 is 0 Å². The van der Waals surface area contributed by atoms with Crippen molar-refractivity contribution in [1.82, 2.24) is 9.88 Å². The normalized spacial score (nSPS) is 13.9. The summed E-state index contributed by atoms with van der Waals surface area (Å²) in [5.41, 5.74) is 5.59. The predicted molar refractivity (Wildman–Crippen MR) is 123 cm³/mol. The van der Waals surface area contributed by atoms with Gasteiger partial charge in [0, 0.05) is 42.8 Å². The lowest BCUT2D eigenvalue weighted by Crippen LogP contribution is -2.26. The van der Waals surface area contributed by atoms with Crippen molar-refractivity contribution in [3.63, 3.8) is 0 Å². The van der Waals surface area contributed by atoms with Gasteiger partial charge in [-0.15, -0.1) is 0 Å². The molecular formula is C25H27N3O2. The van der Waals surface area contributed by atoms with Crippen LogP contribution in [0.4, 0.5) is 5.69 Å². The summed E-state index contributed by atoms with van der Waals surface area (Å²) >= 11 is 0. The van der Waals surface area contributed by atoms with Crippen molar-refractivity contribution >= 4 is 28.1 Å². The Hall–Kier alpha value is -3.18. The number of hydrogen-bond acceptors (Lipinski definition) is 3. The third-order valence-electron chi connectivity index (χ3n) is 5.81. The Morgan fingerprint density at radius 2 is 1.90 bits per heavy atom. The molecule has 0 spiro atoms. The Morgan fingerprint density at radius 1 is 1.13 bits per heavy atom. The smallest absolute Gasteiger partial charge is 0.258 e. The highest BCUT2D eigenvalue weighted by Gasteiger charge is 2.18. The summed E-state index contributed by atoms with van der Waals surface area (Å²) in [5, 5.41) is 4.27. The molecule has 0 aliphatic carbocycles. The number of amides is 1. The van der Waals surface area contributed by atoms with Crippen LogP contribution in [0.15, 0.2) is 59.4 Å². The van der Waals surface area contributed by atoms with Gasteiger partial charge in [-0.05, 0) is 68.3 Å². The number of rotatable bonds is 4. The van der Waals surface area contributed by atoms with E-state index in [1.54, 1.807) is 22.6 Å². The molecule has 0 saturated heterocycles. The first-order valence-electron chi connectivity index (χ1n) is 10.4. The number of pyridine rings is 1. The van der Waals surface area contributed by atoms with Crippen molar-refractivity contribution in [2.45, 2.75) is 26.8 Å². The molecule has 2 aromatic carbocycles. The van der Waals surface area contributed by atoms with Gasteiger partial charge in [0.05, 0.1) is 5.52 Å². The minimum Gasteiger partial charge on any atom is -0.313 e. The molecule has 0 bridgehead atoms. The van der Waals surface area contributed by atoms with E-state index in [2.05, 4.69) is 11.4 Å². The summed E-state index contributed by atoms with van der Waals surface area (Å²) in [5.74, 6) is -0.0692. The molecule has 30 heavy (non-hydrogen) atoms. The van der Waals surface area contributed by atoms with E-state index in [1.807, 2.05) is 56.3 Å². The van der Waals surface area contributed by atoms with Crippen molar-refractivity contribution in [2.75, 3.05) is 25.0 Å². The maximum atomic E-state index is 13.2. The van der Waals surface area contributed by atoms with Crippen LogP contribution < -0.4 is 15.8 Å². The molecule has 4 rings (SSSR count). The van der Waals surface area contributed by atoms with Crippen LogP contribution in [0.2, 0.25) is 0 Å². The summed E-state index contributed by atoms with van der Waals surface area (Å²) in [7, 11) is 1.79. The zero-order valence-corrected chi connectivity index (χ0v) is 17.7. The Balaban J connectivity index is 1.83. The van der Waals surface area contributed by atoms with Crippen molar-refractivity contribution in [3.05, 3.63) is 81.7 Å². The van der Waals surface area contributed by atoms with E-state index in [1.165, 1.54) is 0 Å². The fourth-order valence-corrected chi connectivity index (χ4v) is 4.06. The molecular weight excluding hydrogens is 374 g/mol. The van der Waals surface area contributed by atoms with Crippen LogP contribution in [-0.4, -0.2) is 30.6 Å². The number of carbonyl (C=O) groups is 1. The van der Waals surface area contributed by atoms with Gasteiger partial charge in [-0.25, -0.2) is 0 Å². The van der Waals surface area contributed by atoms with Crippen molar-refractivity contribution < 1.29 is 4.79 Å². The van der Waals surface area contributed by atoms with Gasteiger partial charge in [-0.1, -0.05) is 23.8 Å². The van der Waals surface area contributed by atoms with Crippen LogP contribution in [0.25, 0.3) is 16.5 Å². The minimum atomic E-state index is -0.0692. The molecule has 0 unspecified atom stereocenters. The first-order valence-corrected chi connectivity index (χ1v) is 10.4. The summed E-state index contributed by atoms with van der Waals surface area (Å²) in [4.78, 5) is 27.6. The number of benzene rings is 2. The van der Waals surface area contributed by atoms with E-state index in [4.69, 9.17) is 0 Å². The summed E-state index contributed by atoms with van der Waals surface area (Å²) in [6, 6.07) is 15.3. The second kappa shape index (κ2) is 8.28. The summed E-state index contributed by atoms with van der Waals surface area (Å²) in [6.45, 7) is 6.27. The third kappa shape index (κ3) is 3.68. The van der Waals surface area contributed by atoms with Gasteiger partial charge in [0.1, 0.15) is 0 Å². The molecule has 1 aliphatic heterocycles. The van der Waals surface area contributed by atoms with E-state index < -0.39 is 0 Å². The van der Waals surface area contributed by atoms with Crippen LogP contribution in [0.1, 0.15) is 34.8 Å². The Bertz CT molecular complexity index is 1190. The lowest BCUT2D eigenvalue weighted by Gasteiger charge is -2.20. The number of carbonyl (C=O) groups excluding carboxylic acids is 1. The molecule has 0 radical (unpaired) electrons. The molecule has 0 fully saturated rings. The topological polar surface area (TPSA) is 54.3 Å². The molecule has 1 amide bonds. The van der Waals surface area contributed by atoms with Crippen LogP contribution in [0.5, 0.6) is 0 Å². The number of fused-ring (bicyclic) bond motifs is 1. The number of nitrogens with zero attached hydrogens (tertiary/aromatic N) is 2. The maximum Gasteiger partial charge on any atom is 0.258 e. The predicted octanol–water partition coefficient (Wildman–Crippen LogP) is 3.98. The number of aromatic nitrogens is 1. The minimum absolute atomic E-state index is 0.00437. The number of nitrogens with one attached hydrogen (secondary N) is 1. The average Bonchev–Trinajstić information content (AvgIpc) is 2.78. The molecule has 0 saturated carbocycles. The maximum absolute atomic E-state index is 13.2. The summed E-state index contributed by atoms with van der Waals surface area (Å²) < 4.78 is 1.76.